The van der Waals surface area contributed by atoms with Crippen molar-refractivity contribution in [3.8, 4) is 0 Å². The molecule has 0 amide bonds. The highest BCUT2D eigenvalue weighted by molar-refractivity contribution is 5.87. The Balaban J connectivity index is 2.09. The third-order valence-corrected chi connectivity index (χ3v) is 3.87. The van der Waals surface area contributed by atoms with Gasteiger partial charge in [0.15, 0.2) is 5.69 Å². The number of hydrogen-bond donors (Lipinski definition) is 1. The molecule has 2 aromatic rings. The first-order valence-corrected chi connectivity index (χ1v) is 7.05. The van der Waals surface area contributed by atoms with Crippen LogP contribution in [-0.2, 0) is 22.4 Å². The molecule has 0 fully saturated rings. The normalized spacial score (nSPS) is 17.0. The van der Waals surface area contributed by atoms with Crippen molar-refractivity contribution < 1.29 is 23.8 Å². The molecular formula is C15H16N2O5. The Morgan fingerprint density at radius 1 is 1.55 bits per heavy atom. The Morgan fingerprint density at radius 3 is 3.00 bits per heavy atom. The van der Waals surface area contributed by atoms with Crippen molar-refractivity contribution in [3.05, 3.63) is 41.4 Å². The average molecular weight is 304 g/mol. The number of aromatic nitrogens is 2. The minimum absolute atomic E-state index is 0.00941. The maximum Gasteiger partial charge on any atom is 0.356 e. The van der Waals surface area contributed by atoms with Crippen molar-refractivity contribution in [1.82, 2.24) is 9.55 Å². The van der Waals surface area contributed by atoms with Gasteiger partial charge in [0.05, 0.1) is 25.5 Å². The minimum Gasteiger partial charge on any atom is -0.476 e. The molecule has 0 aliphatic carbocycles. The lowest BCUT2D eigenvalue weighted by Crippen LogP contribution is -2.28. The van der Waals surface area contributed by atoms with Gasteiger partial charge in [-0.25, -0.2) is 14.6 Å². The summed E-state index contributed by atoms with van der Waals surface area (Å²) in [5.41, 5.74) is 0.589. The van der Waals surface area contributed by atoms with E-state index in [4.69, 9.17) is 9.15 Å². The van der Waals surface area contributed by atoms with Crippen LogP contribution in [-0.4, -0.2) is 33.7 Å². The van der Waals surface area contributed by atoms with E-state index in [-0.39, 0.29) is 11.7 Å². The molecule has 7 nitrogen and oxygen atoms in total. The summed E-state index contributed by atoms with van der Waals surface area (Å²) in [5, 5.41) is 9.35. The fraction of sp³-hybridized carbons (Fsp3) is 0.400. The fourth-order valence-corrected chi connectivity index (χ4v) is 2.94. The van der Waals surface area contributed by atoms with E-state index < -0.39 is 12.0 Å². The lowest BCUT2D eigenvalue weighted by atomic mass is 10.0. The number of hydrogen-bond acceptors (Lipinski definition) is 5. The van der Waals surface area contributed by atoms with Crippen LogP contribution in [0, 0.1) is 0 Å². The van der Waals surface area contributed by atoms with Crippen molar-refractivity contribution in [1.29, 1.82) is 0 Å². The summed E-state index contributed by atoms with van der Waals surface area (Å²) in [6.45, 7) is 0. The molecule has 0 saturated carbocycles. The Morgan fingerprint density at radius 2 is 2.36 bits per heavy atom. The van der Waals surface area contributed by atoms with Gasteiger partial charge in [0, 0.05) is 0 Å². The van der Waals surface area contributed by atoms with Gasteiger partial charge in [0.25, 0.3) is 0 Å². The van der Waals surface area contributed by atoms with Gasteiger partial charge in [-0.05, 0) is 31.4 Å². The molecule has 1 unspecified atom stereocenters. The highest BCUT2D eigenvalue weighted by Gasteiger charge is 2.33. The number of imidazole rings is 1. The molecule has 0 saturated heterocycles. The monoisotopic (exact) mass is 304 g/mol. The Labute approximate surface area is 126 Å². The zero-order valence-electron chi connectivity index (χ0n) is 12.1. The number of carboxylic acid groups (broad SMARTS) is 1. The Hall–Kier alpha value is -2.57. The second-order valence-electron chi connectivity index (χ2n) is 5.19. The number of carbonyl (C=O) groups excluding carboxylic acids is 1. The molecule has 1 aliphatic rings. The number of methoxy groups -OCH3 is 1. The molecular weight excluding hydrogens is 288 g/mol. The highest BCUT2D eigenvalue weighted by Crippen LogP contribution is 2.31. The maximum atomic E-state index is 12.0. The summed E-state index contributed by atoms with van der Waals surface area (Å²) in [7, 11) is 1.33. The number of ether oxygens (including phenoxy) is 1. The first-order valence-electron chi connectivity index (χ1n) is 7.05. The predicted molar refractivity (Wildman–Crippen MR) is 74.7 cm³/mol. The molecule has 2 aromatic heterocycles. The quantitative estimate of drug-likeness (QED) is 0.866. The minimum atomic E-state index is -1.08. The van der Waals surface area contributed by atoms with Gasteiger partial charge in [0.2, 0.25) is 0 Å². The molecule has 1 aliphatic heterocycles. The van der Waals surface area contributed by atoms with Gasteiger partial charge in [0.1, 0.15) is 17.6 Å². The van der Waals surface area contributed by atoms with Crippen molar-refractivity contribution in [2.45, 2.75) is 31.7 Å². The fourth-order valence-electron chi connectivity index (χ4n) is 2.94. The summed E-state index contributed by atoms with van der Waals surface area (Å²) in [4.78, 5) is 27.7. The first kappa shape index (κ1) is 14.4. The standard InChI is InChI=1S/C15H16N2O5/c1-21-15(20)11-6-2-5-10-13(14(18)19)16-12(17(10)11)8-9-4-3-7-22-9/h3-4,7,11H,2,5-6,8H2,1H3,(H,18,19). The van der Waals surface area contributed by atoms with Crippen LogP contribution < -0.4 is 0 Å². The van der Waals surface area contributed by atoms with Crippen LogP contribution >= 0.6 is 0 Å². The van der Waals surface area contributed by atoms with Crippen molar-refractivity contribution >= 4 is 11.9 Å². The summed E-state index contributed by atoms with van der Waals surface area (Å²) in [6.07, 6.45) is 3.80. The Bertz CT molecular complexity index is 702. The number of aromatic carboxylic acids is 1. The molecule has 0 spiro atoms. The number of esters is 1. The zero-order valence-corrected chi connectivity index (χ0v) is 12.1. The van der Waals surface area contributed by atoms with Gasteiger partial charge < -0.3 is 18.8 Å². The highest BCUT2D eigenvalue weighted by atomic mass is 16.5. The van der Waals surface area contributed by atoms with Crippen molar-refractivity contribution in [3.63, 3.8) is 0 Å². The van der Waals surface area contributed by atoms with Gasteiger partial charge in [-0.15, -0.1) is 0 Å². The summed E-state index contributed by atoms with van der Waals surface area (Å²) in [5.74, 6) is -0.285. The van der Waals surface area contributed by atoms with E-state index in [9.17, 15) is 14.7 Å². The molecule has 0 radical (unpaired) electrons. The van der Waals surface area contributed by atoms with E-state index in [1.165, 1.54) is 7.11 Å². The molecule has 0 bridgehead atoms. The van der Waals surface area contributed by atoms with Crippen LogP contribution in [0.15, 0.2) is 22.8 Å². The zero-order chi connectivity index (χ0) is 15.7. The molecule has 22 heavy (non-hydrogen) atoms. The first-order chi connectivity index (χ1) is 10.6. The molecule has 3 heterocycles. The largest absolute Gasteiger partial charge is 0.476 e. The van der Waals surface area contributed by atoms with Gasteiger partial charge in [-0.2, -0.15) is 0 Å². The average Bonchev–Trinajstić information content (AvgIpc) is 3.15. The molecule has 3 rings (SSSR count). The molecule has 0 aromatic carbocycles. The summed E-state index contributed by atoms with van der Waals surface area (Å²) in [6, 6.07) is 3.02. The second-order valence-corrected chi connectivity index (χ2v) is 5.19. The number of fused-ring (bicyclic) bond motifs is 1. The number of carbonyl (C=O) groups is 2. The van der Waals surface area contributed by atoms with E-state index >= 15 is 0 Å². The molecule has 1 atom stereocenters. The topological polar surface area (TPSA) is 94.6 Å². The van der Waals surface area contributed by atoms with Crippen LogP contribution in [0.2, 0.25) is 0 Å². The van der Waals surface area contributed by atoms with Crippen LogP contribution in [0.4, 0.5) is 0 Å². The van der Waals surface area contributed by atoms with Crippen LogP contribution in [0.1, 0.15) is 46.7 Å². The molecule has 7 heteroatoms. The lowest BCUT2D eigenvalue weighted by Gasteiger charge is -2.25. The van der Waals surface area contributed by atoms with E-state index in [1.54, 1.807) is 23.0 Å². The summed E-state index contributed by atoms with van der Waals surface area (Å²) < 4.78 is 11.9. The van der Waals surface area contributed by atoms with Crippen LogP contribution in [0.3, 0.4) is 0 Å². The van der Waals surface area contributed by atoms with Gasteiger partial charge in [-0.1, -0.05) is 0 Å². The van der Waals surface area contributed by atoms with Crippen LogP contribution in [0.25, 0.3) is 0 Å². The van der Waals surface area contributed by atoms with Crippen molar-refractivity contribution in [2.24, 2.45) is 0 Å². The number of furan rings is 1. The number of nitrogens with zero attached hydrogens (tertiary/aromatic N) is 2. The van der Waals surface area contributed by atoms with Gasteiger partial charge >= 0.3 is 11.9 Å². The van der Waals surface area contributed by atoms with E-state index in [0.717, 1.165) is 6.42 Å². The molecule has 116 valence electrons. The third kappa shape index (κ3) is 2.38. The van der Waals surface area contributed by atoms with E-state index in [1.807, 2.05) is 0 Å². The van der Waals surface area contributed by atoms with E-state index in [2.05, 4.69) is 4.98 Å². The maximum absolute atomic E-state index is 12.0. The van der Waals surface area contributed by atoms with Crippen LogP contribution in [0.5, 0.6) is 0 Å². The predicted octanol–water partition coefficient (Wildman–Crippen LogP) is 1.82. The Kier molecular flexibility index (Phi) is 3.70. The van der Waals surface area contributed by atoms with Gasteiger partial charge in [-0.3, -0.25) is 0 Å². The SMILES string of the molecule is COC(=O)C1CCCc2c(C(=O)O)nc(Cc3ccco3)n21. The summed E-state index contributed by atoms with van der Waals surface area (Å²) >= 11 is 0. The number of carboxylic acids is 1. The smallest absolute Gasteiger partial charge is 0.356 e. The third-order valence-electron chi connectivity index (χ3n) is 3.87. The number of rotatable bonds is 4. The van der Waals surface area contributed by atoms with Crippen molar-refractivity contribution in [2.75, 3.05) is 7.11 Å². The second kappa shape index (κ2) is 5.67. The lowest BCUT2D eigenvalue weighted by molar-refractivity contribution is -0.145. The molecule has 1 N–H and O–H groups in total. The van der Waals surface area contributed by atoms with E-state index in [0.29, 0.717) is 36.5 Å².